The molecule has 0 aliphatic carbocycles. The number of aromatic amines is 2. The van der Waals surface area contributed by atoms with Gasteiger partial charge in [0, 0.05) is 81.4 Å². The van der Waals surface area contributed by atoms with Crippen LogP contribution in [0.2, 0.25) is 0 Å². The first-order chi connectivity index (χ1) is 60.5. The highest BCUT2D eigenvalue weighted by Gasteiger charge is 2.47. The smallest absolute Gasteiger partial charge is 0.411 e. The topological polar surface area (TPSA) is 380 Å². The van der Waals surface area contributed by atoms with Gasteiger partial charge in [-0.05, 0) is 249 Å². The summed E-state index contributed by atoms with van der Waals surface area (Å²) < 4.78 is 54.0. The lowest BCUT2D eigenvalue weighted by Gasteiger charge is -2.34. The average Bonchev–Trinajstić information content (AvgIpc) is 1.65. The first kappa shape index (κ1) is 91.1. The zero-order valence-electron chi connectivity index (χ0n) is 75.7. The molecule has 32 nitrogen and oxygen atoms in total. The second-order valence-corrected chi connectivity index (χ2v) is 36.2. The number of aliphatic imine (C=N–C) groups is 2. The van der Waals surface area contributed by atoms with Crippen LogP contribution in [0.25, 0.3) is 66.3 Å². The van der Waals surface area contributed by atoms with Gasteiger partial charge in [0.05, 0.1) is 99.0 Å². The van der Waals surface area contributed by atoms with Gasteiger partial charge >= 0.3 is 36.4 Å². The maximum absolute atomic E-state index is 14.1. The number of hydrogen-bond acceptors (Lipinski definition) is 22. The highest BCUT2D eigenvalue weighted by molar-refractivity contribution is 6.08. The Kier molecular flexibility index (Phi) is 26.8. The SMILES string of the molecule is COC(=O)N[C@H](C(=O)N1[C@@H](C)CC[C@H]1C1=Nc2ccc3cc4c(cc3c2C1)OCc1cc(-c2cnc([C@@H]3CC[C@H](C)N3C(=O)[C@@H](NC(=O)OC)[C@@H](C)OC)[nH]2)ccc1-4)[C@@H](C)OC.COC(=O)N[C@H](C(=O)O)[C@@H](C)OC.C[C@H]1C[C@@H](C2=Nc3ccc4cc5c(cc4c3C2)OCc2cc(-c3cnc([C@@H]4CC[C@H](C)N4C(=O)OC(C)(C)C)[nH]3)ccc2-5)N(C(=O)OC(C)(C)C)C1. The normalized spacial score (nSPS) is 21.5. The standard InChI is InChI=1S/C46H55N7O9.C42H49N5O5.C7H13NO5/c1-23-9-15-37(52(23)43(54)40(25(3)58-5)50-45(56)60-7)35-19-32-31-20-39-33(18-27(31)12-14-34(32)48-35)30-13-11-28(17-29(30)22-62-39)36-21-47-42(49-36)38-16-10-24(2)53(38)44(55)41(26(4)59-6)51-46(57)61-8;1-23-15-36(46(21-23)39(48)51-41(3,4)5)33-18-30-29-19-37-31(17-25(29)11-13-32(30)44-33)28-12-10-26(16-27(28)22-50-37)34-20-43-38(45-34)35-14-9-24(2)47(35)40(49)52-42(6,7)8;1-4(12-2)5(6(9)10)8-7(11)13-3/h11-14,17-18,20-21,23-26,37-38,40-41H,9-10,15-16,19,22H2,1-8H3,(H,47,49)(H,50,56)(H,51,57);10-13,16-17,19-20,23-24,35-36H,9,14-15,18,21-22H2,1-8H3,(H,43,45);4-5H,1-3H3,(H,8,11)(H,9,10)/t23-,24-,25+,26+,37-,38-,40-,41-;23-,24-,35-,36-;4-,5+/m001/s1. The van der Waals surface area contributed by atoms with Gasteiger partial charge in [0.1, 0.15) is 59.6 Å². The number of carbonyl (C=O) groups is 8. The molecule has 32 heteroatoms. The summed E-state index contributed by atoms with van der Waals surface area (Å²) in [4.78, 5) is 134. The van der Waals surface area contributed by atoms with E-state index in [2.05, 4.69) is 123 Å². The second kappa shape index (κ2) is 37.4. The summed E-state index contributed by atoms with van der Waals surface area (Å²) in [6.07, 6.45) is 6.12. The predicted molar refractivity (Wildman–Crippen MR) is 477 cm³/mol. The lowest BCUT2D eigenvalue weighted by molar-refractivity contribution is -0.143. The number of nitrogens with zero attached hydrogens (tertiary/aromatic N) is 8. The molecule has 0 radical (unpaired) electrons. The van der Waals surface area contributed by atoms with E-state index in [9.17, 15) is 38.4 Å². The Morgan fingerprint density at radius 1 is 0.480 bits per heavy atom. The molecular formula is C95H117N13O19. The van der Waals surface area contributed by atoms with Crippen LogP contribution in [-0.4, -0.2) is 231 Å². The van der Waals surface area contributed by atoms with E-state index in [0.717, 1.165) is 169 Å². The largest absolute Gasteiger partial charge is 0.488 e. The molecule has 0 saturated carbocycles. The Morgan fingerprint density at radius 2 is 0.882 bits per heavy atom. The number of ether oxygens (including phenoxy) is 10. The molecule has 7 amide bonds. The molecule has 676 valence electrons. The number of methoxy groups -OCH3 is 6. The van der Waals surface area contributed by atoms with Crippen molar-refractivity contribution in [2.45, 2.75) is 251 Å². The van der Waals surface area contributed by atoms with E-state index in [0.29, 0.717) is 50.8 Å². The van der Waals surface area contributed by atoms with Gasteiger partial charge in [-0.3, -0.25) is 29.4 Å². The van der Waals surface area contributed by atoms with Gasteiger partial charge in [-0.15, -0.1) is 0 Å². The van der Waals surface area contributed by atoms with Crippen molar-refractivity contribution in [1.29, 1.82) is 0 Å². The number of amides is 7. The third-order valence-electron chi connectivity index (χ3n) is 25.4. The Labute approximate surface area is 738 Å². The maximum atomic E-state index is 14.1. The number of aliphatic carboxylic acids is 1. The summed E-state index contributed by atoms with van der Waals surface area (Å²) in [6.45, 7) is 26.2. The molecule has 6 aromatic carbocycles. The first-order valence-electron chi connectivity index (χ1n) is 43.5. The van der Waals surface area contributed by atoms with Gasteiger partial charge in [0.2, 0.25) is 11.8 Å². The van der Waals surface area contributed by atoms with E-state index in [1.165, 1.54) is 48.0 Å². The van der Waals surface area contributed by atoms with E-state index in [-0.39, 0.29) is 66.3 Å². The highest BCUT2D eigenvalue weighted by Crippen LogP contribution is 2.49. The van der Waals surface area contributed by atoms with Crippen LogP contribution in [0.3, 0.4) is 0 Å². The van der Waals surface area contributed by atoms with Crippen LogP contribution in [0.1, 0.15) is 181 Å². The molecule has 8 aliphatic heterocycles. The molecule has 16 rings (SSSR count). The fourth-order valence-electron chi connectivity index (χ4n) is 18.6. The number of likely N-dealkylation sites (tertiary alicyclic amines) is 4. The van der Waals surface area contributed by atoms with Crippen molar-refractivity contribution in [2.24, 2.45) is 15.9 Å². The molecule has 4 fully saturated rings. The summed E-state index contributed by atoms with van der Waals surface area (Å²) in [5, 5.41) is 20.5. The van der Waals surface area contributed by atoms with E-state index < -0.39 is 71.9 Å². The third-order valence-corrected chi connectivity index (χ3v) is 25.4. The minimum Gasteiger partial charge on any atom is -0.488 e. The molecule has 2 aromatic heterocycles. The average molecular weight is 1750 g/mol. The molecule has 127 heavy (non-hydrogen) atoms. The van der Waals surface area contributed by atoms with Crippen molar-refractivity contribution in [1.82, 2.24) is 55.5 Å². The number of rotatable bonds is 18. The number of hydrogen-bond donors (Lipinski definition) is 6. The first-order valence-corrected chi connectivity index (χ1v) is 43.5. The molecule has 10 heterocycles. The van der Waals surface area contributed by atoms with Crippen LogP contribution < -0.4 is 25.4 Å². The van der Waals surface area contributed by atoms with Crippen molar-refractivity contribution in [3.63, 3.8) is 0 Å². The fourth-order valence-corrected chi connectivity index (χ4v) is 18.6. The van der Waals surface area contributed by atoms with Gasteiger partial charge in [-0.1, -0.05) is 43.3 Å². The predicted octanol–water partition coefficient (Wildman–Crippen LogP) is 15.7. The Balaban J connectivity index is 0.000000182. The molecule has 0 bridgehead atoms. The fraction of sp³-hybridized carbons (Fsp3) is 0.495. The molecule has 0 spiro atoms. The number of fused-ring (bicyclic) bond motifs is 12. The van der Waals surface area contributed by atoms with Crippen LogP contribution >= 0.6 is 0 Å². The number of imidazole rings is 2. The monoisotopic (exact) mass is 1740 g/mol. The number of benzene rings is 6. The molecule has 4 saturated heterocycles. The lowest BCUT2D eigenvalue weighted by atomic mass is 9.90. The maximum Gasteiger partial charge on any atom is 0.411 e. The highest BCUT2D eigenvalue weighted by atomic mass is 16.6. The molecule has 0 unspecified atom stereocenters. The minimum absolute atomic E-state index is 0.0448. The summed E-state index contributed by atoms with van der Waals surface area (Å²) in [7, 11) is 8.07. The van der Waals surface area contributed by atoms with Crippen LogP contribution in [-0.2, 0) is 78.3 Å². The number of nitrogens with one attached hydrogen (secondary N) is 5. The second-order valence-electron chi connectivity index (χ2n) is 36.2. The van der Waals surface area contributed by atoms with Crippen molar-refractivity contribution < 1.29 is 90.8 Å². The third kappa shape index (κ3) is 19.1. The van der Waals surface area contributed by atoms with Crippen LogP contribution in [0.5, 0.6) is 11.5 Å². The molecular weight excluding hydrogens is 1630 g/mol. The summed E-state index contributed by atoms with van der Waals surface area (Å²) in [6, 6.07) is 26.1. The van der Waals surface area contributed by atoms with Crippen LogP contribution in [0.4, 0.5) is 35.3 Å². The van der Waals surface area contributed by atoms with Crippen LogP contribution in [0, 0.1) is 5.92 Å². The number of carboxylic acids is 1. The van der Waals surface area contributed by atoms with E-state index in [1.54, 1.807) is 24.9 Å². The number of aromatic nitrogens is 4. The van der Waals surface area contributed by atoms with Gasteiger partial charge in [0.25, 0.3) is 0 Å². The number of carboxylic acid groups (broad SMARTS) is 1. The van der Waals surface area contributed by atoms with Crippen molar-refractivity contribution >= 4 is 92.6 Å². The van der Waals surface area contributed by atoms with Crippen molar-refractivity contribution in [3.05, 3.63) is 131 Å². The van der Waals surface area contributed by atoms with Crippen molar-refractivity contribution in [2.75, 3.05) is 49.2 Å². The number of carbonyl (C=O) groups excluding carboxylic acids is 7. The van der Waals surface area contributed by atoms with E-state index in [4.69, 9.17) is 67.7 Å². The summed E-state index contributed by atoms with van der Waals surface area (Å²) in [5.41, 5.74) is 15.1. The van der Waals surface area contributed by atoms with E-state index in [1.807, 2.05) is 82.4 Å². The summed E-state index contributed by atoms with van der Waals surface area (Å²) >= 11 is 0. The lowest BCUT2D eigenvalue weighted by Crippen LogP contribution is -2.57. The zero-order valence-corrected chi connectivity index (χ0v) is 75.7. The quantitative estimate of drug-likeness (QED) is 0.0435. The number of H-pyrrole nitrogens is 2. The molecule has 14 atom stereocenters. The molecule has 8 aromatic rings. The Morgan fingerprint density at radius 3 is 1.31 bits per heavy atom. The van der Waals surface area contributed by atoms with Gasteiger partial charge in [-0.25, -0.2) is 38.7 Å². The minimum atomic E-state index is -1.17. The summed E-state index contributed by atoms with van der Waals surface area (Å²) in [5.74, 6) is 1.83. The zero-order chi connectivity index (χ0) is 91.1. The van der Waals surface area contributed by atoms with Gasteiger partial charge in [-0.2, -0.15) is 0 Å². The Hall–Kier alpha value is -12.2. The van der Waals surface area contributed by atoms with Crippen molar-refractivity contribution in [3.8, 4) is 56.3 Å². The van der Waals surface area contributed by atoms with Gasteiger partial charge in [0.15, 0.2) is 6.04 Å². The molecule has 8 aliphatic rings. The van der Waals surface area contributed by atoms with E-state index >= 15 is 0 Å². The van der Waals surface area contributed by atoms with Crippen LogP contribution in [0.15, 0.2) is 107 Å². The Bertz CT molecular complexity index is 5610. The molecule has 6 N–H and O–H groups in total. The number of alkyl carbamates (subject to hydrolysis) is 3. The van der Waals surface area contributed by atoms with Gasteiger partial charge < -0.3 is 88.2 Å².